The summed E-state index contributed by atoms with van der Waals surface area (Å²) in [6.07, 6.45) is 0. The van der Waals surface area contributed by atoms with Gasteiger partial charge in [0.25, 0.3) is 0 Å². The van der Waals surface area contributed by atoms with Gasteiger partial charge in [-0.2, -0.15) is 0 Å². The molecule has 52 valence electrons. The third-order valence-electron chi connectivity index (χ3n) is 1.07. The topological polar surface area (TPSA) is 32.3 Å². The van der Waals surface area contributed by atoms with E-state index in [9.17, 15) is 0 Å². The maximum atomic E-state index is 8.95. The van der Waals surface area contributed by atoms with Crippen LogP contribution in [0.15, 0.2) is 24.3 Å². The number of benzene rings is 1. The van der Waals surface area contributed by atoms with Crippen LogP contribution in [0.3, 0.4) is 0 Å². The van der Waals surface area contributed by atoms with Crippen LogP contribution in [0.5, 0.6) is 5.75 Å². The van der Waals surface area contributed by atoms with Crippen LogP contribution in [0.2, 0.25) is 0 Å². The van der Waals surface area contributed by atoms with Crippen LogP contribution >= 0.6 is 12.2 Å². The van der Waals surface area contributed by atoms with Crippen LogP contribution in [0.25, 0.3) is 0 Å². The van der Waals surface area contributed by atoms with Crippen LogP contribution in [0, 0.1) is 0 Å². The van der Waals surface area contributed by atoms with Crippen molar-refractivity contribution >= 4 is 23.4 Å². The maximum absolute atomic E-state index is 8.95. The predicted octanol–water partition coefficient (Wildman–Crippen LogP) is 1.76. The monoisotopic (exact) mass is 153 g/mol. The lowest BCUT2D eigenvalue weighted by atomic mass is 10.3. The first-order valence-corrected chi connectivity index (χ1v) is 3.29. The Morgan fingerprint density at radius 1 is 1.50 bits per heavy atom. The van der Waals surface area contributed by atoms with Crippen molar-refractivity contribution in [3.05, 3.63) is 24.3 Å². The van der Waals surface area contributed by atoms with E-state index in [0.717, 1.165) is 5.69 Å². The molecule has 10 heavy (non-hydrogen) atoms. The van der Waals surface area contributed by atoms with Crippen molar-refractivity contribution < 1.29 is 5.11 Å². The summed E-state index contributed by atoms with van der Waals surface area (Å²) in [5.41, 5.74) is 2.20. The fourth-order valence-electron chi connectivity index (χ4n) is 0.664. The highest BCUT2D eigenvalue weighted by molar-refractivity contribution is 7.79. The Morgan fingerprint density at radius 2 is 2.30 bits per heavy atom. The molecule has 0 aliphatic heterocycles. The molecule has 1 aromatic rings. The van der Waals surface area contributed by atoms with Crippen LogP contribution in [-0.4, -0.2) is 10.6 Å². The molecular weight excluding hydrogens is 146 g/mol. The van der Waals surface area contributed by atoms with Crippen molar-refractivity contribution in [2.75, 3.05) is 5.32 Å². The highest BCUT2D eigenvalue weighted by Gasteiger charge is 1.88. The van der Waals surface area contributed by atoms with Gasteiger partial charge in [-0.15, -0.1) is 0 Å². The van der Waals surface area contributed by atoms with Crippen LogP contribution in [0.4, 0.5) is 5.69 Å². The average Bonchev–Trinajstić information content (AvgIpc) is 1.88. The Kier molecular flexibility index (Phi) is 2.23. The molecule has 0 fully saturated rings. The minimum absolute atomic E-state index is 0.238. The number of phenolic OH excluding ortho intramolecular Hbond substituents is 1. The fourth-order valence-corrected chi connectivity index (χ4v) is 0.800. The van der Waals surface area contributed by atoms with Crippen molar-refractivity contribution in [3.8, 4) is 5.75 Å². The Hall–Kier alpha value is -1.09. The van der Waals surface area contributed by atoms with Gasteiger partial charge in [0.2, 0.25) is 0 Å². The molecule has 0 saturated heterocycles. The molecule has 0 heterocycles. The Bertz CT molecular complexity index is 237. The molecule has 3 heteroatoms. The normalized spacial score (nSPS) is 8.80. The van der Waals surface area contributed by atoms with Crippen LogP contribution in [0.1, 0.15) is 0 Å². The van der Waals surface area contributed by atoms with E-state index in [1.807, 2.05) is 6.07 Å². The molecule has 0 amide bonds. The van der Waals surface area contributed by atoms with Crippen molar-refractivity contribution in [1.29, 1.82) is 0 Å². The third-order valence-corrected chi connectivity index (χ3v) is 1.19. The van der Waals surface area contributed by atoms with Gasteiger partial charge in [-0.1, -0.05) is 18.3 Å². The molecule has 1 aromatic carbocycles. The summed E-state index contributed by atoms with van der Waals surface area (Å²) in [4.78, 5) is 0. The molecule has 0 spiro atoms. The van der Waals surface area contributed by atoms with E-state index < -0.39 is 0 Å². The van der Waals surface area contributed by atoms with Gasteiger partial charge >= 0.3 is 0 Å². The molecule has 2 nitrogen and oxygen atoms in total. The van der Waals surface area contributed by atoms with E-state index in [2.05, 4.69) is 17.5 Å². The van der Waals surface area contributed by atoms with E-state index in [1.165, 1.54) is 5.49 Å². The van der Waals surface area contributed by atoms with Gasteiger partial charge in [0.15, 0.2) is 0 Å². The summed E-state index contributed by atoms with van der Waals surface area (Å²) in [6.45, 7) is 0. The van der Waals surface area contributed by atoms with Gasteiger partial charge in [0.1, 0.15) is 5.75 Å². The summed E-state index contributed by atoms with van der Waals surface area (Å²) in [5.74, 6) is 0.238. The second-order valence-electron chi connectivity index (χ2n) is 1.81. The second-order valence-corrected chi connectivity index (χ2v) is 2.05. The second kappa shape index (κ2) is 3.17. The Labute approximate surface area is 64.5 Å². The van der Waals surface area contributed by atoms with Crippen molar-refractivity contribution in [1.82, 2.24) is 0 Å². The molecule has 2 N–H and O–H groups in total. The lowest BCUT2D eigenvalue weighted by molar-refractivity contribution is 0.475. The number of hydrogen-bond donors (Lipinski definition) is 2. The lowest BCUT2D eigenvalue weighted by Gasteiger charge is -1.97. The highest BCUT2D eigenvalue weighted by atomic mass is 32.1. The van der Waals surface area contributed by atoms with Crippen molar-refractivity contribution in [2.24, 2.45) is 0 Å². The summed E-state index contributed by atoms with van der Waals surface area (Å²) in [5, 5.41) is 11.7. The van der Waals surface area contributed by atoms with E-state index >= 15 is 0 Å². The Balaban J connectivity index is 2.84. The lowest BCUT2D eigenvalue weighted by Crippen LogP contribution is -1.89. The van der Waals surface area contributed by atoms with Crippen LogP contribution < -0.4 is 5.32 Å². The molecular formula is C7H7NOS. The van der Waals surface area contributed by atoms with E-state index in [0.29, 0.717) is 0 Å². The zero-order valence-electron chi connectivity index (χ0n) is 5.24. The quantitative estimate of drug-likeness (QED) is 0.635. The number of rotatable bonds is 2. The number of phenols is 1. The molecule has 0 saturated carbocycles. The smallest absolute Gasteiger partial charge is 0.117 e. The molecule has 0 unspecified atom stereocenters. The summed E-state index contributed by atoms with van der Waals surface area (Å²) < 4.78 is 0. The zero-order chi connectivity index (χ0) is 7.40. The van der Waals surface area contributed by atoms with Gasteiger partial charge in [0, 0.05) is 11.8 Å². The number of aromatic hydroxyl groups is 1. The summed E-state index contributed by atoms with van der Waals surface area (Å²) >= 11 is 4.56. The van der Waals surface area contributed by atoms with Gasteiger partial charge in [-0.3, -0.25) is 0 Å². The standard InChI is InChI=1S/C7H7NOS/c9-7-3-1-2-6(4-7)8-5-10/h1-5,9H,(H,8,10). The first kappa shape index (κ1) is 7.02. The van der Waals surface area contributed by atoms with Gasteiger partial charge in [0.05, 0.1) is 5.49 Å². The van der Waals surface area contributed by atoms with Gasteiger partial charge in [-0.05, 0) is 12.1 Å². The number of thiocarbonyl (C=S) groups is 1. The molecule has 0 atom stereocenters. The SMILES string of the molecule is Oc1cccc(NC=S)c1. The van der Waals surface area contributed by atoms with E-state index in [-0.39, 0.29) is 5.75 Å². The molecule has 0 radical (unpaired) electrons. The molecule has 0 bridgehead atoms. The maximum Gasteiger partial charge on any atom is 0.117 e. The number of hydrogen-bond acceptors (Lipinski definition) is 2. The first-order valence-electron chi connectivity index (χ1n) is 2.82. The Morgan fingerprint density at radius 3 is 2.90 bits per heavy atom. The molecule has 0 aromatic heterocycles. The summed E-state index contributed by atoms with van der Waals surface area (Å²) in [6, 6.07) is 6.77. The molecule has 0 aliphatic carbocycles. The third kappa shape index (κ3) is 1.70. The van der Waals surface area contributed by atoms with Crippen LogP contribution in [-0.2, 0) is 0 Å². The van der Waals surface area contributed by atoms with Crippen molar-refractivity contribution in [3.63, 3.8) is 0 Å². The average molecular weight is 153 g/mol. The minimum Gasteiger partial charge on any atom is -0.508 e. The largest absolute Gasteiger partial charge is 0.508 e. The van der Waals surface area contributed by atoms with Gasteiger partial charge in [-0.25, -0.2) is 0 Å². The van der Waals surface area contributed by atoms with Gasteiger partial charge < -0.3 is 10.4 Å². The number of nitrogens with one attached hydrogen (secondary N) is 1. The molecule has 0 aliphatic rings. The van der Waals surface area contributed by atoms with E-state index in [4.69, 9.17) is 5.11 Å². The zero-order valence-corrected chi connectivity index (χ0v) is 6.06. The first-order chi connectivity index (χ1) is 4.83. The highest BCUT2D eigenvalue weighted by Crippen LogP contribution is 2.14. The summed E-state index contributed by atoms with van der Waals surface area (Å²) in [7, 11) is 0. The van der Waals surface area contributed by atoms with Crippen molar-refractivity contribution in [2.45, 2.75) is 0 Å². The fraction of sp³-hybridized carbons (Fsp3) is 0. The molecule has 1 rings (SSSR count). The van der Waals surface area contributed by atoms with E-state index in [1.54, 1.807) is 18.2 Å². The predicted molar refractivity (Wildman–Crippen MR) is 45.4 cm³/mol. The number of anilines is 1. The minimum atomic E-state index is 0.238.